The van der Waals surface area contributed by atoms with E-state index >= 15 is 0 Å². The number of carbonyl (C=O) groups is 1. The molecule has 0 amide bonds. The SMILES string of the molecule is CCOC(=O)c1ncc(C)c(OC(F)(F)F)c1OC. The fourth-order valence-corrected chi connectivity index (χ4v) is 1.34. The van der Waals surface area contributed by atoms with Gasteiger partial charge < -0.3 is 14.2 Å². The number of aromatic nitrogens is 1. The van der Waals surface area contributed by atoms with E-state index in [1.807, 2.05) is 0 Å². The van der Waals surface area contributed by atoms with Crippen molar-refractivity contribution in [3.05, 3.63) is 17.5 Å². The first-order chi connectivity index (χ1) is 8.80. The van der Waals surface area contributed by atoms with Gasteiger partial charge in [0.15, 0.2) is 17.2 Å². The standard InChI is InChI=1S/C11H12F3NO4/c1-4-18-10(16)7-9(17-3)8(6(2)5-15-7)19-11(12,13)14/h5H,4H2,1-3H3. The average Bonchev–Trinajstić information content (AvgIpc) is 2.30. The van der Waals surface area contributed by atoms with E-state index in [9.17, 15) is 18.0 Å². The molecule has 8 heteroatoms. The highest BCUT2D eigenvalue weighted by atomic mass is 19.4. The molecule has 106 valence electrons. The highest BCUT2D eigenvalue weighted by Gasteiger charge is 2.35. The highest BCUT2D eigenvalue weighted by Crippen LogP contribution is 2.37. The number of hydrogen-bond acceptors (Lipinski definition) is 5. The van der Waals surface area contributed by atoms with Gasteiger partial charge in [0.2, 0.25) is 0 Å². The summed E-state index contributed by atoms with van der Waals surface area (Å²) in [4.78, 5) is 15.3. The summed E-state index contributed by atoms with van der Waals surface area (Å²) in [5.74, 6) is -1.89. The van der Waals surface area contributed by atoms with Crippen molar-refractivity contribution in [2.24, 2.45) is 0 Å². The molecule has 0 radical (unpaired) electrons. The molecule has 1 aromatic heterocycles. The fourth-order valence-electron chi connectivity index (χ4n) is 1.34. The Morgan fingerprint density at radius 2 is 2.00 bits per heavy atom. The van der Waals surface area contributed by atoms with Gasteiger partial charge in [-0.15, -0.1) is 13.2 Å². The van der Waals surface area contributed by atoms with Gasteiger partial charge in [-0.1, -0.05) is 0 Å². The van der Waals surface area contributed by atoms with Crippen molar-refractivity contribution in [3.8, 4) is 11.5 Å². The van der Waals surface area contributed by atoms with Crippen LogP contribution in [0.3, 0.4) is 0 Å². The summed E-state index contributed by atoms with van der Waals surface area (Å²) in [6, 6.07) is 0. The highest BCUT2D eigenvalue weighted by molar-refractivity contribution is 5.91. The van der Waals surface area contributed by atoms with Gasteiger partial charge in [-0.05, 0) is 13.8 Å². The molecule has 1 heterocycles. The Hall–Kier alpha value is -1.99. The number of carbonyl (C=O) groups excluding carboxylic acids is 1. The topological polar surface area (TPSA) is 57.7 Å². The minimum atomic E-state index is -4.90. The molecule has 1 aromatic rings. The van der Waals surface area contributed by atoms with Crippen LogP contribution in [0.1, 0.15) is 23.0 Å². The normalized spacial score (nSPS) is 11.1. The number of rotatable bonds is 4. The zero-order valence-electron chi connectivity index (χ0n) is 10.5. The van der Waals surface area contributed by atoms with E-state index in [1.54, 1.807) is 6.92 Å². The van der Waals surface area contributed by atoms with Crippen LogP contribution in [0, 0.1) is 6.92 Å². The first-order valence-electron chi connectivity index (χ1n) is 5.26. The molecule has 0 spiro atoms. The maximum atomic E-state index is 12.3. The zero-order valence-corrected chi connectivity index (χ0v) is 10.5. The summed E-state index contributed by atoms with van der Waals surface area (Å²) in [6.07, 6.45) is -3.82. The number of methoxy groups -OCH3 is 1. The molecular weight excluding hydrogens is 267 g/mol. The van der Waals surface area contributed by atoms with Crippen molar-refractivity contribution in [2.45, 2.75) is 20.2 Å². The lowest BCUT2D eigenvalue weighted by atomic mass is 10.2. The Morgan fingerprint density at radius 1 is 1.37 bits per heavy atom. The predicted molar refractivity (Wildman–Crippen MR) is 58.2 cm³/mol. The maximum Gasteiger partial charge on any atom is 0.573 e. The molecule has 0 saturated carbocycles. The second-order valence-corrected chi connectivity index (χ2v) is 3.42. The van der Waals surface area contributed by atoms with Crippen molar-refractivity contribution in [2.75, 3.05) is 13.7 Å². The molecule has 0 aliphatic carbocycles. The van der Waals surface area contributed by atoms with E-state index < -0.39 is 23.8 Å². The van der Waals surface area contributed by atoms with Crippen molar-refractivity contribution < 1.29 is 32.2 Å². The molecule has 0 unspecified atom stereocenters. The van der Waals surface area contributed by atoms with Gasteiger partial charge in [0, 0.05) is 11.8 Å². The lowest BCUT2D eigenvalue weighted by molar-refractivity contribution is -0.275. The van der Waals surface area contributed by atoms with Crippen molar-refractivity contribution >= 4 is 5.97 Å². The molecule has 1 rings (SSSR count). The lowest BCUT2D eigenvalue weighted by Gasteiger charge is -2.16. The van der Waals surface area contributed by atoms with Crippen molar-refractivity contribution in [1.82, 2.24) is 4.98 Å². The smallest absolute Gasteiger partial charge is 0.491 e. The number of aryl methyl sites for hydroxylation is 1. The van der Waals surface area contributed by atoms with Crippen LogP contribution in [0.2, 0.25) is 0 Å². The number of halogens is 3. The second-order valence-electron chi connectivity index (χ2n) is 3.42. The monoisotopic (exact) mass is 279 g/mol. The van der Waals surface area contributed by atoms with Crippen LogP contribution in [-0.2, 0) is 4.74 Å². The minimum Gasteiger partial charge on any atom is -0.491 e. The molecule has 19 heavy (non-hydrogen) atoms. The molecule has 0 bridgehead atoms. The van der Waals surface area contributed by atoms with Crippen LogP contribution in [0.25, 0.3) is 0 Å². The van der Waals surface area contributed by atoms with Gasteiger partial charge in [0.1, 0.15) is 0 Å². The molecule has 0 saturated heterocycles. The third-order valence-electron chi connectivity index (χ3n) is 2.06. The fraction of sp³-hybridized carbons (Fsp3) is 0.455. The average molecular weight is 279 g/mol. The van der Waals surface area contributed by atoms with Crippen LogP contribution < -0.4 is 9.47 Å². The number of nitrogens with zero attached hydrogens (tertiary/aromatic N) is 1. The molecule has 0 aliphatic rings. The summed E-state index contributed by atoms with van der Waals surface area (Å²) in [5, 5.41) is 0. The Bertz CT molecular complexity index is 474. The van der Waals surface area contributed by atoms with Gasteiger partial charge in [0.05, 0.1) is 13.7 Å². The van der Waals surface area contributed by atoms with Gasteiger partial charge >= 0.3 is 12.3 Å². The third-order valence-corrected chi connectivity index (χ3v) is 2.06. The molecule has 0 atom stereocenters. The van der Waals surface area contributed by atoms with E-state index in [4.69, 9.17) is 4.74 Å². The van der Waals surface area contributed by atoms with Gasteiger partial charge in [-0.2, -0.15) is 0 Å². The number of ether oxygens (including phenoxy) is 3. The van der Waals surface area contributed by atoms with Gasteiger partial charge in [0.25, 0.3) is 0 Å². The quantitative estimate of drug-likeness (QED) is 0.792. The van der Waals surface area contributed by atoms with Gasteiger partial charge in [-0.3, -0.25) is 0 Å². The van der Waals surface area contributed by atoms with Crippen LogP contribution in [0.4, 0.5) is 13.2 Å². The Balaban J connectivity index is 3.29. The largest absolute Gasteiger partial charge is 0.573 e. The zero-order chi connectivity index (χ0) is 14.6. The Kier molecular flexibility index (Phi) is 4.57. The number of esters is 1. The summed E-state index contributed by atoms with van der Waals surface area (Å²) < 4.78 is 50.2. The number of pyridine rings is 1. The van der Waals surface area contributed by atoms with E-state index in [0.29, 0.717) is 0 Å². The summed E-state index contributed by atoms with van der Waals surface area (Å²) in [5.41, 5.74) is -0.281. The summed E-state index contributed by atoms with van der Waals surface area (Å²) in [7, 11) is 1.11. The van der Waals surface area contributed by atoms with Crippen LogP contribution in [0.5, 0.6) is 11.5 Å². The molecular formula is C11H12F3NO4. The second kappa shape index (κ2) is 5.77. The number of alkyl halides is 3. The van der Waals surface area contributed by atoms with Crippen molar-refractivity contribution in [3.63, 3.8) is 0 Å². The maximum absolute atomic E-state index is 12.3. The van der Waals surface area contributed by atoms with Crippen LogP contribution in [0.15, 0.2) is 6.20 Å². The Labute approximate surface area is 107 Å². The molecule has 5 nitrogen and oxygen atoms in total. The lowest BCUT2D eigenvalue weighted by Crippen LogP contribution is -2.20. The van der Waals surface area contributed by atoms with Gasteiger partial charge in [-0.25, -0.2) is 9.78 Å². The first kappa shape index (κ1) is 15.1. The van der Waals surface area contributed by atoms with Crippen LogP contribution >= 0.6 is 0 Å². The summed E-state index contributed by atoms with van der Waals surface area (Å²) >= 11 is 0. The first-order valence-corrected chi connectivity index (χ1v) is 5.26. The van der Waals surface area contributed by atoms with E-state index in [0.717, 1.165) is 13.3 Å². The molecule has 0 fully saturated rings. The summed E-state index contributed by atoms with van der Waals surface area (Å²) in [6.45, 7) is 2.98. The minimum absolute atomic E-state index is 0.0625. The third kappa shape index (κ3) is 3.73. The molecule has 0 N–H and O–H groups in total. The predicted octanol–water partition coefficient (Wildman–Crippen LogP) is 2.47. The molecule has 0 aromatic carbocycles. The van der Waals surface area contributed by atoms with Crippen LogP contribution in [-0.4, -0.2) is 31.0 Å². The Morgan fingerprint density at radius 3 is 2.47 bits per heavy atom. The van der Waals surface area contributed by atoms with E-state index in [1.165, 1.54) is 6.92 Å². The van der Waals surface area contributed by atoms with E-state index in [2.05, 4.69) is 14.5 Å². The molecule has 0 aliphatic heterocycles. The number of hydrogen-bond donors (Lipinski definition) is 0. The van der Waals surface area contributed by atoms with Crippen molar-refractivity contribution in [1.29, 1.82) is 0 Å². The van der Waals surface area contributed by atoms with E-state index in [-0.39, 0.29) is 17.9 Å².